The summed E-state index contributed by atoms with van der Waals surface area (Å²) >= 11 is 0. The molecule has 0 unspecified atom stereocenters. The average Bonchev–Trinajstić information content (AvgIpc) is 2.95. The molecule has 3 amide bonds. The molecule has 27 heavy (non-hydrogen) atoms. The van der Waals surface area contributed by atoms with Gasteiger partial charge in [-0.05, 0) is 50.9 Å². The largest absolute Gasteiger partial charge is 0.492 e. The molecule has 2 N–H and O–H groups in total. The van der Waals surface area contributed by atoms with Gasteiger partial charge in [0.05, 0.1) is 22.3 Å². The van der Waals surface area contributed by atoms with Crippen LogP contribution >= 0.6 is 0 Å². The Morgan fingerprint density at radius 3 is 2.30 bits per heavy atom. The Morgan fingerprint density at radius 2 is 1.70 bits per heavy atom. The van der Waals surface area contributed by atoms with Gasteiger partial charge in [-0.15, -0.1) is 0 Å². The van der Waals surface area contributed by atoms with E-state index in [4.69, 9.17) is 9.31 Å². The van der Waals surface area contributed by atoms with E-state index in [1.54, 1.807) is 18.2 Å². The van der Waals surface area contributed by atoms with Crippen LogP contribution in [0.1, 0.15) is 60.9 Å². The third-order valence-electron chi connectivity index (χ3n) is 5.21. The summed E-state index contributed by atoms with van der Waals surface area (Å²) in [5.74, 6) is -0.976. The first kappa shape index (κ1) is 19.3. The zero-order chi connectivity index (χ0) is 20.0. The maximum absolute atomic E-state index is 11.9. The number of hydrogen-bond acceptors (Lipinski definition) is 5. The highest BCUT2D eigenvalue weighted by Gasteiger charge is 2.52. The van der Waals surface area contributed by atoms with E-state index in [1.807, 2.05) is 33.8 Å². The highest BCUT2D eigenvalue weighted by molar-refractivity contribution is 6.56. The molecule has 0 spiro atoms. The van der Waals surface area contributed by atoms with Crippen molar-refractivity contribution in [2.75, 3.05) is 6.54 Å². The number of fused-ring (bicyclic) bond motifs is 1. The van der Waals surface area contributed by atoms with Gasteiger partial charge in [0.15, 0.2) is 0 Å². The molecular formula is C19H23BN2O5. The predicted molar refractivity (Wildman–Crippen MR) is 101 cm³/mol. The van der Waals surface area contributed by atoms with Crippen LogP contribution in [0.3, 0.4) is 0 Å². The quantitative estimate of drug-likeness (QED) is 0.622. The Hall–Kier alpha value is -2.45. The molecule has 0 atom stereocenters. The van der Waals surface area contributed by atoms with E-state index in [1.165, 1.54) is 6.92 Å². The zero-order valence-electron chi connectivity index (χ0n) is 16.1. The molecule has 0 bridgehead atoms. The van der Waals surface area contributed by atoms with Gasteiger partial charge in [0.1, 0.15) is 0 Å². The number of carbonyl (C=O) groups is 3. The molecule has 0 radical (unpaired) electrons. The molecule has 1 aromatic rings. The molecule has 0 aromatic heterocycles. The molecule has 0 aliphatic carbocycles. The second-order valence-electron chi connectivity index (χ2n) is 7.81. The van der Waals surface area contributed by atoms with Crippen molar-refractivity contribution in [2.24, 2.45) is 0 Å². The standard InChI is InChI=1S/C19H23BN2O5/c1-11(23)21-10-13(20-26-18(2,3)19(4,5)27-20)8-12-6-7-14-15(9-12)17(25)22-16(14)24/h6-9H,10H2,1-5H3,(H,21,23)(H,22,24,25). The highest BCUT2D eigenvalue weighted by atomic mass is 16.7. The normalized spacial score (nSPS) is 20.5. The lowest BCUT2D eigenvalue weighted by molar-refractivity contribution is -0.118. The second kappa shape index (κ2) is 6.62. The van der Waals surface area contributed by atoms with Crippen molar-refractivity contribution in [2.45, 2.75) is 45.8 Å². The van der Waals surface area contributed by atoms with E-state index in [9.17, 15) is 14.4 Å². The van der Waals surface area contributed by atoms with Crippen LogP contribution in [0.15, 0.2) is 23.7 Å². The van der Waals surface area contributed by atoms with Crippen molar-refractivity contribution in [1.29, 1.82) is 0 Å². The Labute approximate surface area is 158 Å². The molecule has 2 aliphatic heterocycles. The lowest BCUT2D eigenvalue weighted by Crippen LogP contribution is -2.41. The van der Waals surface area contributed by atoms with E-state index in [0.717, 1.165) is 0 Å². The van der Waals surface area contributed by atoms with E-state index >= 15 is 0 Å². The Kier molecular flexibility index (Phi) is 4.73. The van der Waals surface area contributed by atoms with E-state index in [2.05, 4.69) is 10.6 Å². The van der Waals surface area contributed by atoms with Crippen molar-refractivity contribution in [3.63, 3.8) is 0 Å². The molecular weight excluding hydrogens is 347 g/mol. The van der Waals surface area contributed by atoms with Crippen molar-refractivity contribution < 1.29 is 23.7 Å². The molecule has 1 aromatic carbocycles. The molecule has 0 saturated carbocycles. The van der Waals surface area contributed by atoms with Crippen LogP contribution in [-0.2, 0) is 14.1 Å². The second-order valence-corrected chi connectivity index (χ2v) is 7.81. The van der Waals surface area contributed by atoms with Crippen LogP contribution in [0.5, 0.6) is 0 Å². The Balaban J connectivity index is 1.94. The summed E-state index contributed by atoms with van der Waals surface area (Å²) in [5, 5.41) is 5.04. The van der Waals surface area contributed by atoms with Crippen LogP contribution in [0.4, 0.5) is 0 Å². The minimum absolute atomic E-state index is 0.170. The lowest BCUT2D eigenvalue weighted by atomic mass is 9.76. The van der Waals surface area contributed by atoms with Crippen molar-refractivity contribution >= 4 is 30.9 Å². The summed E-state index contributed by atoms with van der Waals surface area (Å²) in [6, 6.07) is 5.01. The van der Waals surface area contributed by atoms with Crippen molar-refractivity contribution in [3.8, 4) is 0 Å². The van der Waals surface area contributed by atoms with Gasteiger partial charge < -0.3 is 14.6 Å². The fourth-order valence-electron chi connectivity index (χ4n) is 2.91. The maximum Gasteiger partial charge on any atom is 0.492 e. The van der Waals surface area contributed by atoms with Crippen LogP contribution in [-0.4, -0.2) is 42.6 Å². The van der Waals surface area contributed by atoms with Crippen molar-refractivity contribution in [1.82, 2.24) is 10.6 Å². The SMILES string of the molecule is CC(=O)NCC(=Cc1ccc2c(c1)C(=O)NC2=O)B1OC(C)(C)C(C)(C)O1. The number of nitrogens with one attached hydrogen (secondary N) is 2. The highest BCUT2D eigenvalue weighted by Crippen LogP contribution is 2.38. The Bertz CT molecular complexity index is 844. The minimum Gasteiger partial charge on any atom is -0.400 e. The molecule has 2 aliphatic rings. The first-order chi connectivity index (χ1) is 12.5. The summed E-state index contributed by atoms with van der Waals surface area (Å²) in [4.78, 5) is 35.0. The summed E-state index contributed by atoms with van der Waals surface area (Å²) in [6.45, 7) is 9.49. The lowest BCUT2D eigenvalue weighted by Gasteiger charge is -2.32. The zero-order valence-corrected chi connectivity index (χ0v) is 16.1. The molecule has 3 rings (SSSR count). The average molecular weight is 370 g/mol. The first-order valence-corrected chi connectivity index (χ1v) is 8.80. The van der Waals surface area contributed by atoms with Gasteiger partial charge >= 0.3 is 7.12 Å². The predicted octanol–water partition coefficient (Wildman–Crippen LogP) is 1.72. The smallest absolute Gasteiger partial charge is 0.400 e. The van der Waals surface area contributed by atoms with Crippen LogP contribution in [0.2, 0.25) is 0 Å². The number of benzene rings is 1. The number of imide groups is 1. The van der Waals surface area contributed by atoms with Gasteiger partial charge in [-0.2, -0.15) is 0 Å². The van der Waals surface area contributed by atoms with E-state index in [0.29, 0.717) is 22.2 Å². The third kappa shape index (κ3) is 3.68. The molecule has 2 heterocycles. The van der Waals surface area contributed by atoms with Crippen molar-refractivity contribution in [3.05, 3.63) is 40.4 Å². The monoisotopic (exact) mass is 370 g/mol. The van der Waals surface area contributed by atoms with Gasteiger partial charge in [0.25, 0.3) is 11.8 Å². The van der Waals surface area contributed by atoms with Gasteiger partial charge in [0, 0.05) is 13.5 Å². The van der Waals surface area contributed by atoms with Gasteiger partial charge in [-0.25, -0.2) is 0 Å². The molecule has 1 saturated heterocycles. The summed E-state index contributed by atoms with van der Waals surface area (Å²) in [5.41, 5.74) is 1.09. The van der Waals surface area contributed by atoms with Gasteiger partial charge in [0.2, 0.25) is 5.91 Å². The minimum atomic E-state index is -0.634. The first-order valence-electron chi connectivity index (χ1n) is 8.80. The van der Waals surface area contributed by atoms with Gasteiger partial charge in [-0.3, -0.25) is 19.7 Å². The molecule has 142 valence electrons. The van der Waals surface area contributed by atoms with Gasteiger partial charge in [-0.1, -0.05) is 12.1 Å². The summed E-state index contributed by atoms with van der Waals surface area (Å²) < 4.78 is 12.2. The molecule has 8 heteroatoms. The summed E-state index contributed by atoms with van der Waals surface area (Å²) in [6.07, 6.45) is 1.81. The topological polar surface area (TPSA) is 93.7 Å². The fraction of sp³-hybridized carbons (Fsp3) is 0.421. The van der Waals surface area contributed by atoms with Crippen LogP contribution in [0, 0.1) is 0 Å². The molecule has 1 fully saturated rings. The third-order valence-corrected chi connectivity index (χ3v) is 5.21. The number of hydrogen-bond donors (Lipinski definition) is 2. The van der Waals surface area contributed by atoms with E-state index in [-0.39, 0.29) is 12.5 Å². The number of carbonyl (C=O) groups excluding carboxylic acids is 3. The van der Waals surface area contributed by atoms with Crippen LogP contribution < -0.4 is 10.6 Å². The van der Waals surface area contributed by atoms with E-state index < -0.39 is 30.1 Å². The number of amides is 3. The summed E-state index contributed by atoms with van der Waals surface area (Å²) in [7, 11) is -0.634. The van der Waals surface area contributed by atoms with Crippen LogP contribution in [0.25, 0.3) is 6.08 Å². The Morgan fingerprint density at radius 1 is 1.11 bits per heavy atom. The molecule has 7 nitrogen and oxygen atoms in total. The number of rotatable bonds is 4. The maximum atomic E-state index is 11.9. The fourth-order valence-corrected chi connectivity index (χ4v) is 2.91.